The molecule has 1 aromatic heterocycles. The number of para-hydroxylation sites is 1. The number of hydrogen-bond donors (Lipinski definition) is 2. The lowest BCUT2D eigenvalue weighted by molar-refractivity contribution is -0.134. The van der Waals surface area contributed by atoms with E-state index < -0.39 is 11.3 Å². The fraction of sp³-hybridized carbons (Fsp3) is 0.286. The Balaban J connectivity index is 1.25. The molecule has 3 unspecified atom stereocenters. The van der Waals surface area contributed by atoms with Crippen molar-refractivity contribution in [1.29, 1.82) is 0 Å². The number of anilines is 2. The van der Waals surface area contributed by atoms with Crippen LogP contribution in [0.1, 0.15) is 30.0 Å². The predicted octanol–water partition coefficient (Wildman–Crippen LogP) is 4.30. The van der Waals surface area contributed by atoms with Gasteiger partial charge in [-0.1, -0.05) is 30.0 Å². The molecule has 1 fully saturated rings. The second-order valence-electron chi connectivity index (χ2n) is 9.73. The monoisotopic (exact) mass is 529 g/mol. The van der Waals surface area contributed by atoms with Gasteiger partial charge in [-0.25, -0.2) is 9.78 Å². The van der Waals surface area contributed by atoms with E-state index in [0.717, 1.165) is 33.3 Å². The first-order valence-corrected chi connectivity index (χ1v) is 13.4. The smallest absolute Gasteiger partial charge is 0.327 e. The van der Waals surface area contributed by atoms with Crippen molar-refractivity contribution in [3.8, 4) is 11.5 Å². The van der Waals surface area contributed by atoms with Crippen molar-refractivity contribution in [3.05, 3.63) is 71.9 Å². The number of urea groups is 1. The SMILES string of the molecule is Cc1cc(Oc2ccccc2)ccc1N1C(=O)NC2c3c1ccnc3SC2C(=O)NC1CCC(=O)N(C)C1. The number of carbonyl (C=O) groups excluding carboxylic acids is 3. The van der Waals surface area contributed by atoms with E-state index in [1.54, 1.807) is 23.0 Å². The van der Waals surface area contributed by atoms with Crippen molar-refractivity contribution < 1.29 is 19.1 Å². The highest BCUT2D eigenvalue weighted by Gasteiger charge is 2.47. The molecule has 4 amide bonds. The van der Waals surface area contributed by atoms with Crippen LogP contribution in [0, 0.1) is 6.92 Å². The Morgan fingerprint density at radius 3 is 2.68 bits per heavy atom. The Bertz CT molecular complexity index is 1430. The maximum Gasteiger partial charge on any atom is 0.327 e. The van der Waals surface area contributed by atoms with Crippen LogP contribution >= 0.6 is 11.8 Å². The highest BCUT2D eigenvalue weighted by molar-refractivity contribution is 8.01. The van der Waals surface area contributed by atoms with E-state index in [0.29, 0.717) is 25.1 Å². The fourth-order valence-corrected chi connectivity index (χ4v) is 6.48. The summed E-state index contributed by atoms with van der Waals surface area (Å²) in [6.45, 7) is 2.41. The number of carbonyl (C=O) groups is 3. The van der Waals surface area contributed by atoms with Gasteiger partial charge in [0.25, 0.3) is 0 Å². The van der Waals surface area contributed by atoms with Crippen LogP contribution in [0.4, 0.5) is 16.2 Å². The van der Waals surface area contributed by atoms with Crippen molar-refractivity contribution in [3.63, 3.8) is 0 Å². The lowest BCUT2D eigenvalue weighted by Gasteiger charge is -2.35. The zero-order valence-electron chi connectivity index (χ0n) is 21.0. The predicted molar refractivity (Wildman–Crippen MR) is 144 cm³/mol. The van der Waals surface area contributed by atoms with Crippen LogP contribution in [0.15, 0.2) is 65.8 Å². The van der Waals surface area contributed by atoms with Gasteiger partial charge in [-0.3, -0.25) is 14.5 Å². The standard InChI is InChI=1S/C28H27N5O4S/c1-16-14-19(37-18-6-4-3-5-7-18)9-10-20(16)33-21-12-13-29-27-23(21)24(31-28(33)36)25(38-27)26(35)30-17-8-11-22(34)32(2)15-17/h3-7,9-10,12-14,17,24-25H,8,11,15H2,1-2H3,(H,30,35)(H,31,36). The molecule has 0 bridgehead atoms. The number of piperidine rings is 1. The van der Waals surface area contributed by atoms with Gasteiger partial charge in [-0.2, -0.15) is 0 Å². The van der Waals surface area contributed by atoms with Crippen molar-refractivity contribution >= 4 is 41.0 Å². The van der Waals surface area contributed by atoms with Crippen molar-refractivity contribution in [2.75, 3.05) is 18.5 Å². The number of aromatic nitrogens is 1. The van der Waals surface area contributed by atoms with E-state index in [2.05, 4.69) is 15.6 Å². The third-order valence-corrected chi connectivity index (χ3v) is 8.41. The van der Waals surface area contributed by atoms with E-state index >= 15 is 0 Å². The van der Waals surface area contributed by atoms with E-state index in [1.165, 1.54) is 11.8 Å². The molecule has 0 radical (unpaired) electrons. The number of hydrogen-bond acceptors (Lipinski definition) is 6. The van der Waals surface area contributed by atoms with Crippen LogP contribution in [0.25, 0.3) is 0 Å². The molecule has 2 aromatic carbocycles. The number of likely N-dealkylation sites (N-methyl/N-ethyl adjacent to an activating group) is 1. The highest BCUT2D eigenvalue weighted by Crippen LogP contribution is 2.51. The van der Waals surface area contributed by atoms with Gasteiger partial charge >= 0.3 is 6.03 Å². The number of thioether (sulfide) groups is 1. The molecule has 38 heavy (non-hydrogen) atoms. The van der Waals surface area contributed by atoms with Crippen molar-refractivity contribution in [2.45, 2.75) is 42.1 Å². The lowest BCUT2D eigenvalue weighted by Crippen LogP contribution is -2.53. The summed E-state index contributed by atoms with van der Waals surface area (Å²) in [4.78, 5) is 46.5. The summed E-state index contributed by atoms with van der Waals surface area (Å²) < 4.78 is 5.96. The maximum absolute atomic E-state index is 13.5. The number of amides is 4. The summed E-state index contributed by atoms with van der Waals surface area (Å²) in [6, 6.07) is 16.0. The molecule has 10 heteroatoms. The first kappa shape index (κ1) is 24.3. The van der Waals surface area contributed by atoms with Gasteiger partial charge < -0.3 is 20.3 Å². The first-order chi connectivity index (χ1) is 18.4. The van der Waals surface area contributed by atoms with Gasteiger partial charge in [0.1, 0.15) is 21.8 Å². The Kier molecular flexibility index (Phi) is 6.19. The zero-order chi connectivity index (χ0) is 26.4. The molecule has 3 aliphatic heterocycles. The summed E-state index contributed by atoms with van der Waals surface area (Å²) in [6.07, 6.45) is 2.69. The van der Waals surface area contributed by atoms with E-state index in [4.69, 9.17) is 4.74 Å². The summed E-state index contributed by atoms with van der Waals surface area (Å²) in [7, 11) is 1.75. The van der Waals surface area contributed by atoms with Gasteiger partial charge in [-0.05, 0) is 55.3 Å². The van der Waals surface area contributed by atoms with Crippen LogP contribution in [-0.4, -0.2) is 52.6 Å². The largest absolute Gasteiger partial charge is 0.457 e. The minimum Gasteiger partial charge on any atom is -0.457 e. The summed E-state index contributed by atoms with van der Waals surface area (Å²) in [5.41, 5.74) is 3.16. The van der Waals surface area contributed by atoms with Crippen LogP contribution in [-0.2, 0) is 9.59 Å². The third kappa shape index (κ3) is 4.34. The van der Waals surface area contributed by atoms with E-state index in [1.807, 2.05) is 61.5 Å². The lowest BCUT2D eigenvalue weighted by atomic mass is 9.98. The molecule has 4 heterocycles. The van der Waals surface area contributed by atoms with Gasteiger partial charge in [0.2, 0.25) is 11.8 Å². The molecular weight excluding hydrogens is 502 g/mol. The summed E-state index contributed by atoms with van der Waals surface area (Å²) in [5, 5.41) is 6.33. The Morgan fingerprint density at radius 1 is 1.11 bits per heavy atom. The number of rotatable bonds is 5. The van der Waals surface area contributed by atoms with E-state index in [9.17, 15) is 14.4 Å². The Labute approximate surface area is 224 Å². The molecule has 3 aliphatic rings. The average molecular weight is 530 g/mol. The number of pyridine rings is 1. The zero-order valence-corrected chi connectivity index (χ0v) is 21.8. The molecule has 6 rings (SSSR count). The van der Waals surface area contributed by atoms with Crippen LogP contribution in [0.2, 0.25) is 0 Å². The molecule has 3 atom stereocenters. The van der Waals surface area contributed by atoms with Crippen LogP contribution < -0.4 is 20.3 Å². The van der Waals surface area contributed by atoms with Crippen molar-refractivity contribution in [2.24, 2.45) is 0 Å². The average Bonchev–Trinajstić information content (AvgIpc) is 3.27. The number of nitrogens with one attached hydrogen (secondary N) is 2. The Hall–Kier alpha value is -4.05. The molecular formula is C28H27N5O4S. The minimum absolute atomic E-state index is 0.0848. The number of nitrogens with zero attached hydrogens (tertiary/aromatic N) is 3. The molecule has 0 aliphatic carbocycles. The highest BCUT2D eigenvalue weighted by atomic mass is 32.2. The molecule has 0 saturated carbocycles. The first-order valence-electron chi connectivity index (χ1n) is 12.5. The number of ether oxygens (including phenoxy) is 1. The molecule has 2 N–H and O–H groups in total. The quantitative estimate of drug-likeness (QED) is 0.511. The molecule has 3 aromatic rings. The number of benzene rings is 2. The van der Waals surface area contributed by atoms with Gasteiger partial charge in [-0.15, -0.1) is 0 Å². The van der Waals surface area contributed by atoms with Gasteiger partial charge in [0.05, 0.1) is 17.4 Å². The van der Waals surface area contributed by atoms with Crippen molar-refractivity contribution in [1.82, 2.24) is 20.5 Å². The number of aryl methyl sites for hydroxylation is 1. The normalized spacial score (nSPS) is 22.1. The van der Waals surface area contributed by atoms with Crippen LogP contribution in [0.5, 0.6) is 11.5 Å². The fourth-order valence-electron chi connectivity index (χ4n) is 5.24. The second-order valence-corrected chi connectivity index (χ2v) is 10.9. The Morgan fingerprint density at radius 2 is 1.92 bits per heavy atom. The summed E-state index contributed by atoms with van der Waals surface area (Å²) >= 11 is 1.36. The summed E-state index contributed by atoms with van der Waals surface area (Å²) in [5.74, 6) is 1.33. The molecule has 9 nitrogen and oxygen atoms in total. The topological polar surface area (TPSA) is 104 Å². The molecule has 1 saturated heterocycles. The third-order valence-electron chi connectivity index (χ3n) is 7.13. The van der Waals surface area contributed by atoms with Gasteiger partial charge in [0.15, 0.2) is 0 Å². The van der Waals surface area contributed by atoms with Gasteiger partial charge in [0, 0.05) is 37.8 Å². The van der Waals surface area contributed by atoms with E-state index in [-0.39, 0.29) is 23.9 Å². The number of likely N-dealkylation sites (tertiary alicyclic amines) is 1. The minimum atomic E-state index is -0.546. The second kappa shape index (κ2) is 9.68. The molecule has 194 valence electrons. The maximum atomic E-state index is 13.5. The molecule has 0 spiro atoms. The van der Waals surface area contributed by atoms with Crippen LogP contribution in [0.3, 0.4) is 0 Å².